The van der Waals surface area contributed by atoms with Crippen molar-refractivity contribution in [1.29, 1.82) is 0 Å². The lowest BCUT2D eigenvalue weighted by atomic mass is 9.90. The molecule has 1 aliphatic rings. The molecule has 1 amide bonds. The molecule has 2 aromatic rings. The first-order chi connectivity index (χ1) is 10.8. The molecule has 5 nitrogen and oxygen atoms in total. The zero-order valence-corrected chi connectivity index (χ0v) is 13.4. The van der Waals surface area contributed by atoms with Crippen molar-refractivity contribution in [3.8, 4) is 10.7 Å². The van der Waals surface area contributed by atoms with E-state index < -0.39 is 0 Å². The van der Waals surface area contributed by atoms with E-state index in [4.69, 9.17) is 9.72 Å². The zero-order valence-electron chi connectivity index (χ0n) is 12.5. The van der Waals surface area contributed by atoms with Gasteiger partial charge in [0.1, 0.15) is 5.01 Å². The van der Waals surface area contributed by atoms with E-state index in [1.165, 1.54) is 4.88 Å². The van der Waals surface area contributed by atoms with Gasteiger partial charge in [-0.25, -0.2) is 4.98 Å². The Hall–Kier alpha value is -1.79. The number of carbonyl (C=O) groups excluding carboxylic acids is 1. The molecule has 0 bridgehead atoms. The molecule has 1 N–H and O–H groups in total. The molecule has 1 atom stereocenters. The molecule has 0 fully saturated rings. The number of amides is 1. The Morgan fingerprint density at radius 2 is 2.41 bits per heavy atom. The molecule has 0 saturated heterocycles. The minimum Gasteiger partial charge on any atom is -0.383 e. The van der Waals surface area contributed by atoms with Gasteiger partial charge in [0, 0.05) is 30.6 Å². The van der Waals surface area contributed by atoms with Gasteiger partial charge in [0.25, 0.3) is 0 Å². The number of fused-ring (bicyclic) bond motifs is 1. The fraction of sp³-hybridized carbons (Fsp3) is 0.438. The number of hydrogen-bond donors (Lipinski definition) is 1. The summed E-state index contributed by atoms with van der Waals surface area (Å²) in [5.41, 5.74) is 2.04. The second-order valence-electron chi connectivity index (χ2n) is 5.33. The molecule has 1 unspecified atom stereocenters. The average molecular weight is 317 g/mol. The van der Waals surface area contributed by atoms with E-state index in [0.717, 1.165) is 35.7 Å². The highest BCUT2D eigenvalue weighted by atomic mass is 32.1. The fourth-order valence-corrected chi connectivity index (χ4v) is 3.78. The van der Waals surface area contributed by atoms with E-state index in [-0.39, 0.29) is 11.8 Å². The number of aromatic nitrogens is 2. The van der Waals surface area contributed by atoms with E-state index in [2.05, 4.69) is 10.3 Å². The number of carbonyl (C=O) groups is 1. The van der Waals surface area contributed by atoms with Gasteiger partial charge in [-0.1, -0.05) is 6.07 Å². The van der Waals surface area contributed by atoms with Gasteiger partial charge in [0.15, 0.2) is 0 Å². The summed E-state index contributed by atoms with van der Waals surface area (Å²) >= 11 is 1.66. The lowest BCUT2D eigenvalue weighted by molar-refractivity contribution is -0.125. The summed E-state index contributed by atoms with van der Waals surface area (Å²) in [6.07, 6.45) is 4.28. The van der Waals surface area contributed by atoms with Gasteiger partial charge < -0.3 is 10.1 Å². The molecular weight excluding hydrogens is 298 g/mol. The Bertz CT molecular complexity index is 642. The minimum atomic E-state index is 0.0430. The number of nitrogens with one attached hydrogen (secondary N) is 1. The summed E-state index contributed by atoms with van der Waals surface area (Å²) in [4.78, 5) is 22.4. The number of thiazole rings is 1. The number of hydrogen-bond acceptors (Lipinski definition) is 5. The van der Waals surface area contributed by atoms with Gasteiger partial charge in [-0.3, -0.25) is 9.78 Å². The first-order valence-electron chi connectivity index (χ1n) is 7.44. The van der Waals surface area contributed by atoms with Crippen LogP contribution in [0.25, 0.3) is 10.7 Å². The van der Waals surface area contributed by atoms with Crippen LogP contribution in [0.5, 0.6) is 0 Å². The third-order valence-corrected chi connectivity index (χ3v) is 4.94. The van der Waals surface area contributed by atoms with E-state index in [1.807, 2.05) is 18.2 Å². The van der Waals surface area contributed by atoms with Gasteiger partial charge in [-0.15, -0.1) is 11.3 Å². The van der Waals surface area contributed by atoms with Gasteiger partial charge in [0.05, 0.1) is 18.0 Å². The van der Waals surface area contributed by atoms with E-state index in [9.17, 15) is 4.79 Å². The molecule has 0 radical (unpaired) electrons. The van der Waals surface area contributed by atoms with Crippen molar-refractivity contribution in [2.45, 2.75) is 19.3 Å². The first kappa shape index (κ1) is 15.1. The Labute approximate surface area is 133 Å². The van der Waals surface area contributed by atoms with E-state index in [0.29, 0.717) is 13.2 Å². The van der Waals surface area contributed by atoms with Crippen LogP contribution in [0.2, 0.25) is 0 Å². The van der Waals surface area contributed by atoms with Crippen LogP contribution in [0.3, 0.4) is 0 Å². The molecule has 116 valence electrons. The molecule has 0 aromatic carbocycles. The highest BCUT2D eigenvalue weighted by Gasteiger charge is 2.27. The van der Waals surface area contributed by atoms with Crippen LogP contribution in [0.15, 0.2) is 24.4 Å². The normalized spacial score (nSPS) is 17.0. The van der Waals surface area contributed by atoms with Gasteiger partial charge >= 0.3 is 0 Å². The van der Waals surface area contributed by atoms with Crippen LogP contribution >= 0.6 is 11.3 Å². The SMILES string of the molecule is COCCNC(=O)C1CCc2nc(-c3ccccn3)sc2C1. The Morgan fingerprint density at radius 1 is 1.50 bits per heavy atom. The first-order valence-corrected chi connectivity index (χ1v) is 8.26. The van der Waals surface area contributed by atoms with Crippen molar-refractivity contribution in [2.24, 2.45) is 5.92 Å². The number of nitrogens with zero attached hydrogens (tertiary/aromatic N) is 2. The summed E-state index contributed by atoms with van der Waals surface area (Å²) in [6, 6.07) is 5.84. The third kappa shape index (κ3) is 3.34. The lowest BCUT2D eigenvalue weighted by Crippen LogP contribution is -2.35. The van der Waals surface area contributed by atoms with Crippen LogP contribution in [-0.2, 0) is 22.4 Å². The molecule has 2 heterocycles. The number of rotatable bonds is 5. The summed E-state index contributed by atoms with van der Waals surface area (Å²) in [5, 5.41) is 3.88. The standard InChI is InChI=1S/C16H19N3O2S/c1-21-9-8-18-15(20)11-5-6-12-14(10-11)22-16(19-12)13-4-2-3-7-17-13/h2-4,7,11H,5-6,8-10H2,1H3,(H,18,20). The maximum Gasteiger partial charge on any atom is 0.223 e. The van der Waals surface area contributed by atoms with Crippen LogP contribution in [0.1, 0.15) is 17.0 Å². The van der Waals surface area contributed by atoms with Crippen molar-refractivity contribution in [3.05, 3.63) is 35.0 Å². The van der Waals surface area contributed by atoms with E-state index >= 15 is 0 Å². The predicted octanol–water partition coefficient (Wildman–Crippen LogP) is 2.07. The lowest BCUT2D eigenvalue weighted by Gasteiger charge is -2.20. The summed E-state index contributed by atoms with van der Waals surface area (Å²) in [6.45, 7) is 1.12. The van der Waals surface area contributed by atoms with Crippen molar-refractivity contribution >= 4 is 17.2 Å². The zero-order chi connectivity index (χ0) is 15.4. The number of ether oxygens (including phenoxy) is 1. The van der Waals surface area contributed by atoms with Crippen LogP contribution < -0.4 is 5.32 Å². The Kier molecular flexibility index (Phi) is 4.80. The van der Waals surface area contributed by atoms with Crippen molar-refractivity contribution < 1.29 is 9.53 Å². The second kappa shape index (κ2) is 6.98. The Balaban J connectivity index is 1.68. The summed E-state index contributed by atoms with van der Waals surface area (Å²) in [5.74, 6) is 0.164. The summed E-state index contributed by atoms with van der Waals surface area (Å²) in [7, 11) is 1.63. The van der Waals surface area contributed by atoms with Gasteiger partial charge in [0.2, 0.25) is 5.91 Å². The van der Waals surface area contributed by atoms with Crippen molar-refractivity contribution in [3.63, 3.8) is 0 Å². The number of methoxy groups -OCH3 is 1. The molecule has 3 rings (SSSR count). The maximum atomic E-state index is 12.2. The van der Waals surface area contributed by atoms with Crippen LogP contribution in [-0.4, -0.2) is 36.1 Å². The smallest absolute Gasteiger partial charge is 0.223 e. The highest BCUT2D eigenvalue weighted by molar-refractivity contribution is 7.15. The van der Waals surface area contributed by atoms with E-state index in [1.54, 1.807) is 24.6 Å². The second-order valence-corrected chi connectivity index (χ2v) is 6.41. The molecule has 1 aliphatic carbocycles. The molecule has 0 spiro atoms. The van der Waals surface area contributed by atoms with Gasteiger partial charge in [-0.05, 0) is 31.4 Å². The monoisotopic (exact) mass is 317 g/mol. The molecule has 0 saturated carbocycles. The Morgan fingerprint density at radius 3 is 3.18 bits per heavy atom. The van der Waals surface area contributed by atoms with Crippen molar-refractivity contribution in [1.82, 2.24) is 15.3 Å². The predicted molar refractivity (Wildman–Crippen MR) is 85.7 cm³/mol. The molecule has 0 aliphatic heterocycles. The fourth-order valence-electron chi connectivity index (χ4n) is 2.62. The topological polar surface area (TPSA) is 64.1 Å². The van der Waals surface area contributed by atoms with Gasteiger partial charge in [-0.2, -0.15) is 0 Å². The third-order valence-electron chi connectivity index (χ3n) is 3.80. The highest BCUT2D eigenvalue weighted by Crippen LogP contribution is 2.33. The van der Waals surface area contributed by atoms with Crippen molar-refractivity contribution in [2.75, 3.05) is 20.3 Å². The maximum absolute atomic E-state index is 12.2. The molecule has 2 aromatic heterocycles. The number of aryl methyl sites for hydroxylation is 1. The molecule has 22 heavy (non-hydrogen) atoms. The summed E-state index contributed by atoms with van der Waals surface area (Å²) < 4.78 is 4.96. The molecular formula is C16H19N3O2S. The van der Waals surface area contributed by atoms with Crippen LogP contribution in [0, 0.1) is 5.92 Å². The molecule has 6 heteroatoms. The minimum absolute atomic E-state index is 0.0430. The van der Waals surface area contributed by atoms with Crippen LogP contribution in [0.4, 0.5) is 0 Å². The quantitative estimate of drug-likeness (QED) is 0.858. The largest absolute Gasteiger partial charge is 0.383 e. The number of pyridine rings is 1. The average Bonchev–Trinajstić information content (AvgIpc) is 2.99.